The van der Waals surface area contributed by atoms with E-state index in [-0.39, 0.29) is 29.4 Å². The van der Waals surface area contributed by atoms with Crippen molar-refractivity contribution in [1.29, 1.82) is 0 Å². The Morgan fingerprint density at radius 1 is 0.451 bits per heavy atom. The number of rotatable bonds is 22. The second-order valence-electron chi connectivity index (χ2n) is 11.4. The van der Waals surface area contributed by atoms with Crippen LogP contribution in [0.15, 0.2) is 97.1 Å². The van der Waals surface area contributed by atoms with Crippen molar-refractivity contribution in [3.05, 3.63) is 114 Å². The third-order valence-electron chi connectivity index (χ3n) is 7.51. The summed E-state index contributed by atoms with van der Waals surface area (Å²) >= 11 is 2.22. The van der Waals surface area contributed by atoms with E-state index in [1.807, 2.05) is 0 Å². The molecule has 0 aliphatic carbocycles. The fourth-order valence-electron chi connectivity index (χ4n) is 4.72. The van der Waals surface area contributed by atoms with Gasteiger partial charge in [-0.05, 0) is 158 Å². The third kappa shape index (κ3) is 14.6. The van der Waals surface area contributed by atoms with Crippen molar-refractivity contribution in [2.75, 3.05) is 26.4 Å². The van der Waals surface area contributed by atoms with Gasteiger partial charge < -0.3 is 33.3 Å². The van der Waals surface area contributed by atoms with Crippen LogP contribution in [0.25, 0.3) is 0 Å². The summed E-state index contributed by atoms with van der Waals surface area (Å²) in [7, 11) is 0. The van der Waals surface area contributed by atoms with Crippen LogP contribution >= 0.6 is 28.5 Å². The predicted molar refractivity (Wildman–Crippen MR) is 204 cm³/mol. The van der Waals surface area contributed by atoms with Crippen LogP contribution in [-0.2, 0) is 4.52 Å². The van der Waals surface area contributed by atoms with Crippen LogP contribution < -0.4 is 23.7 Å². The van der Waals surface area contributed by atoms with Crippen LogP contribution in [0.1, 0.15) is 82.4 Å². The Bertz CT molecular complexity index is 1630. The minimum Gasteiger partial charge on any atom is -0.494 e. The summed E-state index contributed by atoms with van der Waals surface area (Å²) in [5.74, 6) is 0.502. The molecule has 270 valence electrons. The van der Waals surface area contributed by atoms with E-state index in [0.717, 1.165) is 58.0 Å². The summed E-state index contributed by atoms with van der Waals surface area (Å²) in [6, 6.07) is 25.6. The second kappa shape index (κ2) is 22.7. The number of unbranched alkanes of at least 4 members (excludes halogenated alkanes) is 6. The highest BCUT2D eigenvalue weighted by molar-refractivity contribution is 14.2. The molecule has 1 N–H and O–H groups in total. The van der Waals surface area contributed by atoms with Crippen LogP contribution in [-0.4, -0.2) is 49.4 Å². The average molecular weight is 829 g/mol. The first kappa shape index (κ1) is 39.8. The molecule has 10 nitrogen and oxygen atoms in total. The number of aliphatic hydroxyl groups is 1. The Morgan fingerprint density at radius 3 is 1.12 bits per heavy atom. The topological polar surface area (TPSA) is 127 Å². The van der Waals surface area contributed by atoms with E-state index in [0.29, 0.717) is 42.3 Å². The Labute approximate surface area is 313 Å². The molecule has 0 saturated carbocycles. The van der Waals surface area contributed by atoms with Gasteiger partial charge >= 0.3 is 17.9 Å². The van der Waals surface area contributed by atoms with E-state index >= 15 is 0 Å². The summed E-state index contributed by atoms with van der Waals surface area (Å²) in [6.45, 7) is 2.69. The molecule has 0 aliphatic heterocycles. The molecule has 4 aromatic carbocycles. The number of benzene rings is 4. The minimum atomic E-state index is -0.605. The molecule has 0 fully saturated rings. The van der Waals surface area contributed by atoms with Crippen molar-refractivity contribution in [2.24, 2.45) is 0 Å². The van der Waals surface area contributed by atoms with Gasteiger partial charge in [-0.2, -0.15) is 0 Å². The van der Waals surface area contributed by atoms with Crippen molar-refractivity contribution >= 4 is 46.4 Å². The van der Waals surface area contributed by atoms with Crippen LogP contribution in [0.4, 0.5) is 0 Å². The number of halogens is 1. The zero-order chi connectivity index (χ0) is 36.1. The van der Waals surface area contributed by atoms with Gasteiger partial charge in [0.05, 0.1) is 43.0 Å². The van der Waals surface area contributed by atoms with Crippen molar-refractivity contribution in [1.82, 2.24) is 0 Å². The maximum absolute atomic E-state index is 12.7. The number of esters is 3. The van der Waals surface area contributed by atoms with Crippen LogP contribution in [0.2, 0.25) is 0 Å². The Morgan fingerprint density at radius 2 is 0.765 bits per heavy atom. The Hall–Kier alpha value is -4.03. The van der Waals surface area contributed by atoms with Gasteiger partial charge in [0, 0.05) is 6.61 Å². The normalized spacial score (nSPS) is 10.9. The molecule has 0 aliphatic rings. The lowest BCUT2D eigenvalue weighted by molar-refractivity contribution is 0.0718. The largest absolute Gasteiger partial charge is 0.494 e. The minimum absolute atomic E-state index is 0.208. The van der Waals surface area contributed by atoms with Crippen molar-refractivity contribution in [3.63, 3.8) is 0 Å². The van der Waals surface area contributed by atoms with E-state index in [9.17, 15) is 14.4 Å². The van der Waals surface area contributed by atoms with Crippen LogP contribution in [0.3, 0.4) is 0 Å². The van der Waals surface area contributed by atoms with Gasteiger partial charge in [0.25, 0.3) is 0 Å². The summed E-state index contributed by atoms with van der Waals surface area (Å²) < 4.78 is 33.2. The zero-order valence-corrected chi connectivity index (χ0v) is 31.4. The van der Waals surface area contributed by atoms with Gasteiger partial charge in [0.15, 0.2) is 0 Å². The molecule has 0 saturated heterocycles. The van der Waals surface area contributed by atoms with Crippen LogP contribution in [0.5, 0.6) is 28.7 Å². The maximum Gasteiger partial charge on any atom is 0.343 e. The maximum atomic E-state index is 12.7. The van der Waals surface area contributed by atoms with E-state index in [1.54, 1.807) is 48.5 Å². The highest BCUT2D eigenvalue weighted by Gasteiger charge is 2.14. The molecule has 4 aromatic rings. The van der Waals surface area contributed by atoms with Gasteiger partial charge in [-0.15, -0.1) is 0 Å². The molecular weight excluding hydrogens is 786 g/mol. The SMILES string of the molecule is O=C(Oc1ccc(OC(=O)c2ccc(OC(=O)c3ccc(OCCCCCCOPI)cc3)cc2)cc1)c1ccc(OCCCCCCO)cc1. The summed E-state index contributed by atoms with van der Waals surface area (Å²) in [4.78, 5) is 38.0. The number of ether oxygens (including phenoxy) is 5. The number of hydrogen-bond acceptors (Lipinski definition) is 10. The van der Waals surface area contributed by atoms with Gasteiger partial charge in [0.1, 0.15) is 28.7 Å². The number of carbonyl (C=O) groups excluding carboxylic acids is 3. The number of carbonyl (C=O) groups is 3. The van der Waals surface area contributed by atoms with E-state index in [2.05, 4.69) is 22.0 Å². The first-order valence-corrected chi connectivity index (χ1v) is 20.9. The van der Waals surface area contributed by atoms with Crippen molar-refractivity contribution in [2.45, 2.75) is 51.4 Å². The molecule has 1 unspecified atom stereocenters. The molecule has 0 amide bonds. The summed E-state index contributed by atoms with van der Waals surface area (Å²) in [5, 5.41) is 8.83. The smallest absolute Gasteiger partial charge is 0.343 e. The fourth-order valence-corrected chi connectivity index (χ4v) is 5.61. The van der Waals surface area contributed by atoms with Gasteiger partial charge in [-0.3, -0.25) is 0 Å². The quantitative estimate of drug-likeness (QED) is 0.0270. The molecule has 0 bridgehead atoms. The Balaban J connectivity index is 1.16. The number of aliphatic hydroxyl groups excluding tert-OH is 1. The van der Waals surface area contributed by atoms with Crippen LogP contribution in [0, 0.1) is 0 Å². The second-order valence-corrected chi connectivity index (χ2v) is 13.2. The number of hydrogen-bond donors (Lipinski definition) is 1. The molecular formula is C39H42IO10P. The molecule has 0 heterocycles. The third-order valence-corrected chi connectivity index (χ3v) is 8.76. The summed E-state index contributed by atoms with van der Waals surface area (Å²) in [6.07, 6.45) is 7.83. The molecule has 0 spiro atoms. The van der Waals surface area contributed by atoms with Crippen molar-refractivity contribution < 1.29 is 47.7 Å². The molecule has 1 atom stereocenters. The average Bonchev–Trinajstić information content (AvgIpc) is 3.15. The van der Waals surface area contributed by atoms with Gasteiger partial charge in [0.2, 0.25) is 0 Å². The Kier molecular flexibility index (Phi) is 17.7. The predicted octanol–water partition coefficient (Wildman–Crippen LogP) is 9.18. The van der Waals surface area contributed by atoms with Gasteiger partial charge in [-0.1, -0.05) is 12.8 Å². The lowest BCUT2D eigenvalue weighted by atomic mass is 10.2. The van der Waals surface area contributed by atoms with Gasteiger partial charge in [-0.25, -0.2) is 14.4 Å². The first-order valence-electron chi connectivity index (χ1n) is 16.9. The first-order chi connectivity index (χ1) is 24.9. The monoisotopic (exact) mass is 828 g/mol. The van der Waals surface area contributed by atoms with E-state index in [1.165, 1.54) is 48.5 Å². The highest BCUT2D eigenvalue weighted by atomic mass is 127. The molecule has 4 rings (SSSR count). The molecule has 12 heteroatoms. The van der Waals surface area contributed by atoms with Crippen molar-refractivity contribution in [3.8, 4) is 28.7 Å². The fraction of sp³-hybridized carbons (Fsp3) is 0.308. The molecule has 51 heavy (non-hydrogen) atoms. The van der Waals surface area contributed by atoms with E-state index in [4.69, 9.17) is 33.3 Å². The highest BCUT2D eigenvalue weighted by Crippen LogP contribution is 2.23. The zero-order valence-electron chi connectivity index (χ0n) is 28.2. The van der Waals surface area contributed by atoms with E-state index < -0.39 is 17.9 Å². The lowest BCUT2D eigenvalue weighted by Gasteiger charge is -2.09. The lowest BCUT2D eigenvalue weighted by Crippen LogP contribution is -2.10. The molecule has 0 radical (unpaired) electrons. The summed E-state index contributed by atoms with van der Waals surface area (Å²) in [5.41, 5.74) is 0.996. The molecule has 0 aromatic heterocycles. The standard InChI is InChI=1S/C39H42IO10P/c40-51-47-28-8-4-3-7-27-46-33-15-9-29(10-16-33)37(42)48-34-19-13-31(14-20-34)39(44)50-36-23-21-35(22-24-36)49-38(43)30-11-17-32(18-12-30)45-26-6-2-1-5-25-41/h9-24,41,51H,1-8,25-28H2.